The van der Waals surface area contributed by atoms with Gasteiger partial charge in [0.15, 0.2) is 17.3 Å². The van der Waals surface area contributed by atoms with E-state index in [2.05, 4.69) is 35.7 Å². The van der Waals surface area contributed by atoms with Crippen LogP contribution in [0.4, 0.5) is 21.7 Å². The number of methoxy groups -OCH3 is 1. The van der Waals surface area contributed by atoms with E-state index in [9.17, 15) is 9.18 Å². The molecule has 204 valence electrons. The van der Waals surface area contributed by atoms with Gasteiger partial charge >= 0.3 is 0 Å². The number of morpholine rings is 1. The number of halogens is 1. The van der Waals surface area contributed by atoms with Gasteiger partial charge in [0.25, 0.3) is 0 Å². The quantitative estimate of drug-likeness (QED) is 0.247. The molecule has 1 fully saturated rings. The molecule has 3 N–H and O–H groups in total. The van der Waals surface area contributed by atoms with Crippen molar-refractivity contribution in [1.29, 1.82) is 0 Å². The van der Waals surface area contributed by atoms with E-state index in [0.29, 0.717) is 46.6 Å². The van der Waals surface area contributed by atoms with Crippen molar-refractivity contribution in [3.8, 4) is 11.5 Å². The summed E-state index contributed by atoms with van der Waals surface area (Å²) in [6, 6.07) is 11.1. The fourth-order valence-electron chi connectivity index (χ4n) is 4.31. The molecular weight excluding hydrogens is 505 g/mol. The Labute approximate surface area is 224 Å². The van der Waals surface area contributed by atoms with E-state index in [4.69, 9.17) is 14.2 Å². The third-order valence-electron chi connectivity index (χ3n) is 6.24. The lowest BCUT2D eigenvalue weighted by Crippen LogP contribution is -2.37. The van der Waals surface area contributed by atoms with Crippen LogP contribution >= 0.6 is 0 Å². The molecule has 12 heteroatoms. The molecule has 0 aliphatic carbocycles. The lowest BCUT2D eigenvalue weighted by Gasteiger charge is -2.26. The van der Waals surface area contributed by atoms with Crippen LogP contribution in [0.25, 0.3) is 10.9 Å². The van der Waals surface area contributed by atoms with Gasteiger partial charge in [0.1, 0.15) is 18.0 Å². The summed E-state index contributed by atoms with van der Waals surface area (Å²) in [7, 11) is 1.59. The van der Waals surface area contributed by atoms with Crippen LogP contribution in [0.5, 0.6) is 11.5 Å². The van der Waals surface area contributed by atoms with Gasteiger partial charge < -0.3 is 24.8 Å². The highest BCUT2D eigenvalue weighted by molar-refractivity contribution is 5.93. The maximum absolute atomic E-state index is 13.4. The number of aromatic amines is 1. The Morgan fingerprint density at radius 1 is 1.15 bits per heavy atom. The summed E-state index contributed by atoms with van der Waals surface area (Å²) in [5.74, 6) is 1.47. The molecule has 2 aromatic carbocycles. The molecule has 1 aliphatic rings. The SMILES string of the molecule is COc1cc2c(Nc3cc(CC(=O)Nc4cccc(F)c4)[nH]n3)ncnc2cc1OCCCN1CCOCC1. The van der Waals surface area contributed by atoms with Crippen LogP contribution in [-0.2, 0) is 16.0 Å². The van der Waals surface area contributed by atoms with E-state index in [1.54, 1.807) is 19.2 Å². The number of amides is 1. The van der Waals surface area contributed by atoms with E-state index in [0.717, 1.165) is 44.7 Å². The van der Waals surface area contributed by atoms with E-state index >= 15 is 0 Å². The molecule has 0 atom stereocenters. The van der Waals surface area contributed by atoms with Crippen molar-refractivity contribution in [1.82, 2.24) is 25.1 Å². The highest BCUT2D eigenvalue weighted by Crippen LogP contribution is 2.34. The second kappa shape index (κ2) is 12.5. The number of carbonyl (C=O) groups excluding carboxylic acids is 1. The summed E-state index contributed by atoms with van der Waals surface area (Å²) in [5, 5.41) is 13.6. The predicted octanol–water partition coefficient (Wildman–Crippen LogP) is 3.53. The van der Waals surface area contributed by atoms with Gasteiger partial charge in [0.05, 0.1) is 38.9 Å². The monoisotopic (exact) mass is 535 g/mol. The van der Waals surface area contributed by atoms with Crippen LogP contribution in [0, 0.1) is 5.82 Å². The lowest BCUT2D eigenvalue weighted by atomic mass is 10.2. The number of benzene rings is 2. The molecule has 0 unspecified atom stereocenters. The number of anilines is 3. The van der Waals surface area contributed by atoms with Crippen molar-refractivity contribution < 1.29 is 23.4 Å². The van der Waals surface area contributed by atoms with Crippen LogP contribution in [0.2, 0.25) is 0 Å². The van der Waals surface area contributed by atoms with Gasteiger partial charge in [-0.1, -0.05) is 6.07 Å². The van der Waals surface area contributed by atoms with Crippen molar-refractivity contribution in [3.63, 3.8) is 0 Å². The molecule has 4 aromatic rings. The van der Waals surface area contributed by atoms with Crippen molar-refractivity contribution in [2.75, 3.05) is 57.2 Å². The lowest BCUT2D eigenvalue weighted by molar-refractivity contribution is -0.115. The Hall–Kier alpha value is -4.29. The van der Waals surface area contributed by atoms with Gasteiger partial charge in [-0.3, -0.25) is 14.8 Å². The Bertz CT molecular complexity index is 1420. The maximum Gasteiger partial charge on any atom is 0.230 e. The maximum atomic E-state index is 13.4. The minimum atomic E-state index is -0.419. The molecule has 39 heavy (non-hydrogen) atoms. The second-order valence-electron chi connectivity index (χ2n) is 9.04. The topological polar surface area (TPSA) is 127 Å². The zero-order chi connectivity index (χ0) is 27.0. The average molecular weight is 536 g/mol. The Balaban J connectivity index is 1.22. The van der Waals surface area contributed by atoms with Gasteiger partial charge in [-0.2, -0.15) is 5.10 Å². The number of aromatic nitrogens is 4. The molecule has 11 nitrogen and oxygen atoms in total. The van der Waals surface area contributed by atoms with E-state index in [1.165, 1.54) is 24.5 Å². The first-order valence-corrected chi connectivity index (χ1v) is 12.7. The average Bonchev–Trinajstić information content (AvgIpc) is 3.37. The van der Waals surface area contributed by atoms with Crippen LogP contribution in [0.15, 0.2) is 48.8 Å². The number of nitrogens with zero attached hydrogens (tertiary/aromatic N) is 4. The largest absolute Gasteiger partial charge is 0.493 e. The number of fused-ring (bicyclic) bond motifs is 1. The summed E-state index contributed by atoms with van der Waals surface area (Å²) >= 11 is 0. The van der Waals surface area contributed by atoms with Crippen molar-refractivity contribution in [2.24, 2.45) is 0 Å². The summed E-state index contributed by atoms with van der Waals surface area (Å²) in [6.45, 7) is 4.96. The molecule has 0 saturated carbocycles. The van der Waals surface area contributed by atoms with Gasteiger partial charge in [-0.05, 0) is 30.7 Å². The number of nitrogens with one attached hydrogen (secondary N) is 3. The smallest absolute Gasteiger partial charge is 0.230 e. The normalized spacial score (nSPS) is 13.8. The summed E-state index contributed by atoms with van der Waals surface area (Å²) in [6.07, 6.45) is 2.38. The molecule has 1 saturated heterocycles. The van der Waals surface area contributed by atoms with Crippen molar-refractivity contribution in [3.05, 3.63) is 60.3 Å². The van der Waals surface area contributed by atoms with Crippen molar-refractivity contribution in [2.45, 2.75) is 12.8 Å². The first-order valence-electron chi connectivity index (χ1n) is 12.7. The summed E-state index contributed by atoms with van der Waals surface area (Å²) < 4.78 is 30.4. The first kappa shape index (κ1) is 26.3. The third kappa shape index (κ3) is 6.98. The van der Waals surface area contributed by atoms with E-state index in [1.807, 2.05) is 12.1 Å². The summed E-state index contributed by atoms with van der Waals surface area (Å²) in [4.78, 5) is 23.5. The van der Waals surface area contributed by atoms with Crippen molar-refractivity contribution >= 4 is 34.1 Å². The Kier molecular flexibility index (Phi) is 8.44. The molecular formula is C27H30FN7O4. The number of hydrogen-bond donors (Lipinski definition) is 3. The first-order chi connectivity index (χ1) is 19.1. The molecule has 0 radical (unpaired) electrons. The standard InChI is InChI=1S/C27H30FN7O4/c1-37-23-15-21-22(16-24(23)39-9-3-6-35-7-10-38-11-8-35)29-17-30-27(21)32-25-13-20(33-34-25)14-26(36)31-19-5-2-4-18(28)12-19/h2,4-5,12-13,15-17H,3,6-11,14H2,1H3,(H,31,36)(H2,29,30,32,33,34). The van der Waals surface area contributed by atoms with Gasteiger partial charge in [0, 0.05) is 48.5 Å². The van der Waals surface area contributed by atoms with Crippen LogP contribution in [-0.4, -0.2) is 77.5 Å². The van der Waals surface area contributed by atoms with E-state index < -0.39 is 5.82 Å². The Morgan fingerprint density at radius 2 is 2.03 bits per heavy atom. The zero-order valence-corrected chi connectivity index (χ0v) is 21.6. The van der Waals surface area contributed by atoms with E-state index in [-0.39, 0.29) is 12.3 Å². The predicted molar refractivity (Wildman–Crippen MR) is 144 cm³/mol. The fourth-order valence-corrected chi connectivity index (χ4v) is 4.31. The van der Waals surface area contributed by atoms with Crippen LogP contribution < -0.4 is 20.1 Å². The minimum absolute atomic E-state index is 0.0375. The minimum Gasteiger partial charge on any atom is -0.493 e. The van der Waals surface area contributed by atoms with Crippen LogP contribution in [0.1, 0.15) is 12.1 Å². The highest BCUT2D eigenvalue weighted by atomic mass is 19.1. The second-order valence-corrected chi connectivity index (χ2v) is 9.04. The number of rotatable bonds is 11. The number of hydrogen-bond acceptors (Lipinski definition) is 9. The summed E-state index contributed by atoms with van der Waals surface area (Å²) in [5.41, 5.74) is 1.65. The zero-order valence-electron chi connectivity index (χ0n) is 21.6. The highest BCUT2D eigenvalue weighted by Gasteiger charge is 2.15. The molecule has 0 bridgehead atoms. The number of H-pyrrole nitrogens is 1. The molecule has 0 spiro atoms. The molecule has 3 heterocycles. The van der Waals surface area contributed by atoms with Gasteiger partial charge in [-0.25, -0.2) is 14.4 Å². The Morgan fingerprint density at radius 3 is 2.85 bits per heavy atom. The number of carbonyl (C=O) groups is 1. The molecule has 5 rings (SSSR count). The van der Waals surface area contributed by atoms with Crippen LogP contribution in [0.3, 0.4) is 0 Å². The fraction of sp³-hybridized carbons (Fsp3) is 0.333. The molecule has 2 aromatic heterocycles. The third-order valence-corrected chi connectivity index (χ3v) is 6.24. The number of ether oxygens (including phenoxy) is 3. The van der Waals surface area contributed by atoms with Gasteiger partial charge in [0.2, 0.25) is 5.91 Å². The van der Waals surface area contributed by atoms with Gasteiger partial charge in [-0.15, -0.1) is 0 Å². The molecule has 1 amide bonds. The molecule has 1 aliphatic heterocycles.